The Balaban J connectivity index is 1.91. The minimum Gasteiger partial charge on any atom is -0.456 e. The Morgan fingerprint density at radius 1 is 0.882 bits per heavy atom. The fourth-order valence-electron chi connectivity index (χ4n) is 4.03. The van der Waals surface area contributed by atoms with Gasteiger partial charge in [-0.2, -0.15) is 0 Å². The number of esters is 3. The van der Waals surface area contributed by atoms with Gasteiger partial charge in [0.05, 0.1) is 11.9 Å². The average Bonchev–Trinajstić information content (AvgIpc) is 3.24. The summed E-state index contributed by atoms with van der Waals surface area (Å²) in [6.45, 7) is 7.67. The van der Waals surface area contributed by atoms with Crippen LogP contribution in [0.4, 0.5) is 0 Å². The SMILES string of the molecule is CCc1ccc(Cc2cn([C@@H]3O[C@H](CC)[C@@H](OC(C)=O)[C@H](OC(C)=O)[C@H]3OC(C)=O)nn2)cc1. The van der Waals surface area contributed by atoms with Crippen LogP contribution in [0.25, 0.3) is 0 Å². The standard InChI is InChI=1S/C24H31N3O7/c1-6-17-8-10-18(11-9-17)12-19-13-27(26-25-19)24-23(33-16(5)30)22(32-15(4)29)21(31-14(3)28)20(7-2)34-24/h8-11,13,20-24H,6-7,12H2,1-5H3/t20-,21-,22+,23-,24-/m1/s1. The third kappa shape index (κ3) is 6.19. The highest BCUT2D eigenvalue weighted by atomic mass is 16.7. The predicted octanol–water partition coefficient (Wildman–Crippen LogP) is 2.53. The smallest absolute Gasteiger partial charge is 0.303 e. The van der Waals surface area contributed by atoms with Crippen molar-refractivity contribution in [3.63, 3.8) is 0 Å². The normalized spacial score (nSPS) is 24.3. The molecule has 5 atom stereocenters. The lowest BCUT2D eigenvalue weighted by molar-refractivity contribution is -0.265. The summed E-state index contributed by atoms with van der Waals surface area (Å²) in [5.74, 6) is -1.78. The first-order valence-corrected chi connectivity index (χ1v) is 11.4. The van der Waals surface area contributed by atoms with Gasteiger partial charge in [-0.05, 0) is 24.0 Å². The Morgan fingerprint density at radius 2 is 1.44 bits per heavy atom. The number of hydrogen-bond donors (Lipinski definition) is 0. The van der Waals surface area contributed by atoms with Gasteiger partial charge < -0.3 is 18.9 Å². The lowest BCUT2D eigenvalue weighted by Gasteiger charge is -2.44. The molecule has 34 heavy (non-hydrogen) atoms. The van der Waals surface area contributed by atoms with Crippen LogP contribution < -0.4 is 0 Å². The van der Waals surface area contributed by atoms with Crippen LogP contribution in [0, 0.1) is 0 Å². The summed E-state index contributed by atoms with van der Waals surface area (Å²) in [6.07, 6.45) is -1.03. The molecule has 184 valence electrons. The fourth-order valence-corrected chi connectivity index (χ4v) is 4.03. The molecule has 2 heterocycles. The molecule has 3 rings (SSSR count). The highest BCUT2D eigenvalue weighted by molar-refractivity contribution is 5.68. The van der Waals surface area contributed by atoms with Gasteiger partial charge in [0.2, 0.25) is 0 Å². The molecular formula is C24H31N3O7. The molecule has 10 heteroatoms. The number of rotatable bonds is 8. The summed E-state index contributed by atoms with van der Waals surface area (Å²) < 4.78 is 24.0. The van der Waals surface area contributed by atoms with Crippen LogP contribution in [0.3, 0.4) is 0 Å². The van der Waals surface area contributed by atoms with E-state index in [-0.39, 0.29) is 0 Å². The van der Waals surface area contributed by atoms with Gasteiger partial charge >= 0.3 is 17.9 Å². The lowest BCUT2D eigenvalue weighted by Crippen LogP contribution is -2.59. The summed E-state index contributed by atoms with van der Waals surface area (Å²) in [6, 6.07) is 8.24. The number of carbonyl (C=O) groups is 3. The minimum atomic E-state index is -1.10. The fraction of sp³-hybridized carbons (Fsp3) is 0.542. The Morgan fingerprint density at radius 3 is 2.00 bits per heavy atom. The van der Waals surface area contributed by atoms with Crippen molar-refractivity contribution in [2.75, 3.05) is 0 Å². The van der Waals surface area contributed by atoms with Gasteiger partial charge in [0.25, 0.3) is 0 Å². The van der Waals surface area contributed by atoms with E-state index in [1.165, 1.54) is 31.0 Å². The Hall–Kier alpha value is -3.27. The molecule has 0 N–H and O–H groups in total. The molecule has 1 aromatic carbocycles. The van der Waals surface area contributed by atoms with E-state index in [9.17, 15) is 14.4 Å². The van der Waals surface area contributed by atoms with E-state index in [2.05, 4.69) is 29.4 Å². The van der Waals surface area contributed by atoms with Gasteiger partial charge in [0.1, 0.15) is 6.10 Å². The van der Waals surface area contributed by atoms with E-state index in [0.29, 0.717) is 18.5 Å². The quantitative estimate of drug-likeness (QED) is 0.421. The van der Waals surface area contributed by atoms with Crippen molar-refractivity contribution >= 4 is 17.9 Å². The third-order valence-electron chi connectivity index (χ3n) is 5.55. The van der Waals surface area contributed by atoms with Gasteiger partial charge in [-0.3, -0.25) is 14.4 Å². The summed E-state index contributed by atoms with van der Waals surface area (Å²) in [7, 11) is 0. The Bertz CT molecular complexity index is 1000. The summed E-state index contributed by atoms with van der Waals surface area (Å²) in [4.78, 5) is 35.6. The number of hydrogen-bond acceptors (Lipinski definition) is 9. The average molecular weight is 474 g/mol. The maximum atomic E-state index is 11.9. The van der Waals surface area contributed by atoms with Crippen LogP contribution >= 0.6 is 0 Å². The number of aryl methyl sites for hydroxylation is 1. The van der Waals surface area contributed by atoms with Crippen LogP contribution in [0.1, 0.15) is 64.1 Å². The molecule has 1 fully saturated rings. The van der Waals surface area contributed by atoms with E-state index in [0.717, 1.165) is 12.0 Å². The molecule has 0 radical (unpaired) electrons. The maximum absolute atomic E-state index is 11.9. The van der Waals surface area contributed by atoms with Gasteiger partial charge in [-0.1, -0.05) is 43.3 Å². The maximum Gasteiger partial charge on any atom is 0.303 e. The van der Waals surface area contributed by atoms with Crippen LogP contribution in [0.15, 0.2) is 30.5 Å². The molecule has 1 aliphatic rings. The van der Waals surface area contributed by atoms with Gasteiger partial charge in [0, 0.05) is 27.2 Å². The first-order valence-electron chi connectivity index (χ1n) is 11.4. The molecule has 1 saturated heterocycles. The number of aromatic nitrogens is 3. The minimum absolute atomic E-state index is 0.449. The van der Waals surface area contributed by atoms with Crippen molar-refractivity contribution in [3.05, 3.63) is 47.3 Å². The van der Waals surface area contributed by atoms with Gasteiger partial charge in [0.15, 0.2) is 24.5 Å². The number of nitrogens with zero attached hydrogens (tertiary/aromatic N) is 3. The number of ether oxygens (including phenoxy) is 4. The van der Waals surface area contributed by atoms with Crippen LogP contribution in [0.5, 0.6) is 0 Å². The molecular weight excluding hydrogens is 442 g/mol. The monoisotopic (exact) mass is 473 g/mol. The predicted molar refractivity (Wildman–Crippen MR) is 120 cm³/mol. The van der Waals surface area contributed by atoms with Gasteiger partial charge in [-0.25, -0.2) is 4.68 Å². The summed E-state index contributed by atoms with van der Waals surface area (Å²) in [5, 5.41) is 8.44. The first kappa shape index (κ1) is 25.4. The Kier molecular flexibility index (Phi) is 8.38. The molecule has 0 unspecified atom stereocenters. The van der Waals surface area contributed by atoms with Crippen LogP contribution in [-0.4, -0.2) is 57.3 Å². The molecule has 1 aliphatic heterocycles. The van der Waals surface area contributed by atoms with E-state index in [4.69, 9.17) is 18.9 Å². The largest absolute Gasteiger partial charge is 0.456 e. The van der Waals surface area contributed by atoms with Crippen molar-refractivity contribution < 1.29 is 33.3 Å². The van der Waals surface area contributed by atoms with Gasteiger partial charge in [-0.15, -0.1) is 5.10 Å². The second kappa shape index (κ2) is 11.2. The van der Waals surface area contributed by atoms with Crippen molar-refractivity contribution in [1.82, 2.24) is 15.0 Å². The molecule has 10 nitrogen and oxygen atoms in total. The molecule has 0 amide bonds. The lowest BCUT2D eigenvalue weighted by atomic mass is 9.95. The molecule has 0 bridgehead atoms. The number of benzene rings is 1. The Labute approximate surface area is 198 Å². The topological polar surface area (TPSA) is 119 Å². The van der Waals surface area contributed by atoms with E-state index >= 15 is 0 Å². The third-order valence-corrected chi connectivity index (χ3v) is 5.55. The van der Waals surface area contributed by atoms with E-state index in [1.807, 2.05) is 19.1 Å². The molecule has 0 aliphatic carbocycles. The summed E-state index contributed by atoms with van der Waals surface area (Å²) in [5.41, 5.74) is 3.01. The van der Waals surface area contributed by atoms with Crippen molar-refractivity contribution in [3.8, 4) is 0 Å². The first-order chi connectivity index (χ1) is 16.2. The zero-order chi connectivity index (χ0) is 24.8. The van der Waals surface area contributed by atoms with Crippen LogP contribution in [0.2, 0.25) is 0 Å². The zero-order valence-corrected chi connectivity index (χ0v) is 20.1. The summed E-state index contributed by atoms with van der Waals surface area (Å²) >= 11 is 0. The molecule has 0 saturated carbocycles. The molecule has 1 aromatic heterocycles. The van der Waals surface area contributed by atoms with E-state index in [1.54, 1.807) is 6.20 Å². The second-order valence-corrected chi connectivity index (χ2v) is 8.23. The van der Waals surface area contributed by atoms with Crippen molar-refractivity contribution in [2.24, 2.45) is 0 Å². The molecule has 0 spiro atoms. The zero-order valence-electron chi connectivity index (χ0n) is 20.1. The van der Waals surface area contributed by atoms with Crippen molar-refractivity contribution in [2.45, 2.75) is 84.5 Å². The second-order valence-electron chi connectivity index (χ2n) is 8.23. The van der Waals surface area contributed by atoms with Crippen molar-refractivity contribution in [1.29, 1.82) is 0 Å². The number of carbonyl (C=O) groups excluding carboxylic acids is 3. The highest BCUT2D eigenvalue weighted by Gasteiger charge is 2.52. The molecule has 2 aromatic rings. The van der Waals surface area contributed by atoms with E-state index < -0.39 is 48.6 Å². The van der Waals surface area contributed by atoms with Crippen LogP contribution in [-0.2, 0) is 46.2 Å². The highest BCUT2D eigenvalue weighted by Crippen LogP contribution is 2.35.